The summed E-state index contributed by atoms with van der Waals surface area (Å²) in [4.78, 5) is 25.7. The number of amides is 1. The number of thioether (sulfide) groups is 1. The molecule has 1 amide bonds. The maximum atomic E-state index is 11.4. The minimum Gasteiger partial charge on any atom is -0.266 e. The van der Waals surface area contributed by atoms with Crippen LogP contribution in [0.3, 0.4) is 0 Å². The van der Waals surface area contributed by atoms with Gasteiger partial charge in [0.1, 0.15) is 0 Å². The Labute approximate surface area is 88.7 Å². The number of nitrogens with zero attached hydrogens (tertiary/aromatic N) is 2. The third kappa shape index (κ3) is 1.42. The summed E-state index contributed by atoms with van der Waals surface area (Å²) in [5.41, 5.74) is -0.0635. The molecule has 0 fully saturated rings. The van der Waals surface area contributed by atoms with Crippen molar-refractivity contribution in [3.63, 3.8) is 0 Å². The molecule has 76 valence electrons. The van der Waals surface area contributed by atoms with Crippen molar-refractivity contribution in [3.8, 4) is 0 Å². The van der Waals surface area contributed by atoms with E-state index in [1.165, 1.54) is 23.9 Å². The monoisotopic (exact) mass is 222 g/mol. The molecule has 0 aliphatic carbocycles. The lowest BCUT2D eigenvalue weighted by Gasteiger charge is -1.93. The summed E-state index contributed by atoms with van der Waals surface area (Å²) < 4.78 is 0. The zero-order chi connectivity index (χ0) is 11.0. The largest absolute Gasteiger partial charge is 0.284 e. The molecule has 15 heavy (non-hydrogen) atoms. The minimum absolute atomic E-state index is 0.0635. The molecule has 0 atom stereocenters. The fourth-order valence-electron chi connectivity index (χ4n) is 1.46. The predicted octanol–water partition coefficient (Wildman–Crippen LogP) is 0.226. The highest BCUT2D eigenvalue weighted by atomic mass is 32.2. The van der Waals surface area contributed by atoms with Crippen LogP contribution in [0.2, 0.25) is 0 Å². The SMILES string of the molecule is CSC1=c2c([N+](=O)[O-])cccc2=NC1=O. The molecule has 2 rings (SSSR count). The van der Waals surface area contributed by atoms with E-state index in [0.717, 1.165) is 0 Å². The second-order valence-corrected chi connectivity index (χ2v) is 3.70. The van der Waals surface area contributed by atoms with Crippen molar-refractivity contribution in [2.45, 2.75) is 0 Å². The standard InChI is InChI=1S/C9H6N2O3S/c1-15-8-7-5(10-9(8)12)3-2-4-6(7)11(13)14/h2-4H,1H3. The first-order chi connectivity index (χ1) is 7.15. The van der Waals surface area contributed by atoms with Crippen molar-refractivity contribution in [2.75, 3.05) is 6.26 Å². The molecule has 0 aromatic heterocycles. The van der Waals surface area contributed by atoms with Gasteiger partial charge < -0.3 is 0 Å². The highest BCUT2D eigenvalue weighted by Gasteiger charge is 2.22. The Bertz CT molecular complexity index is 580. The number of hydrogen-bond donors (Lipinski definition) is 0. The summed E-state index contributed by atoms with van der Waals surface area (Å²) >= 11 is 1.18. The number of nitro groups is 1. The number of carbonyl (C=O) groups is 1. The molecular weight excluding hydrogens is 216 g/mol. The molecule has 1 aromatic carbocycles. The first-order valence-corrected chi connectivity index (χ1v) is 5.32. The van der Waals surface area contributed by atoms with Crippen LogP contribution in [0.4, 0.5) is 5.69 Å². The highest BCUT2D eigenvalue weighted by Crippen LogP contribution is 2.17. The first kappa shape index (κ1) is 9.85. The molecular formula is C9H6N2O3S. The molecule has 0 unspecified atom stereocenters. The van der Waals surface area contributed by atoms with E-state index in [-0.39, 0.29) is 5.69 Å². The first-order valence-electron chi connectivity index (χ1n) is 4.10. The van der Waals surface area contributed by atoms with Gasteiger partial charge >= 0.3 is 0 Å². The molecule has 0 saturated carbocycles. The fourth-order valence-corrected chi connectivity index (χ4v) is 2.10. The number of non-ortho nitro benzene ring substituents is 1. The van der Waals surface area contributed by atoms with E-state index < -0.39 is 10.8 Å². The van der Waals surface area contributed by atoms with Crippen LogP contribution in [0.25, 0.3) is 4.91 Å². The fraction of sp³-hybridized carbons (Fsp3) is 0.111. The third-order valence-corrected chi connectivity index (χ3v) is 2.85. The van der Waals surface area contributed by atoms with Crippen molar-refractivity contribution in [3.05, 3.63) is 38.9 Å². The van der Waals surface area contributed by atoms with Crippen LogP contribution >= 0.6 is 11.8 Å². The van der Waals surface area contributed by atoms with Crippen molar-refractivity contribution in [2.24, 2.45) is 4.99 Å². The molecule has 1 aliphatic heterocycles. The number of benzene rings is 1. The van der Waals surface area contributed by atoms with Gasteiger partial charge in [0.15, 0.2) is 0 Å². The van der Waals surface area contributed by atoms with E-state index in [0.29, 0.717) is 15.5 Å². The van der Waals surface area contributed by atoms with E-state index in [4.69, 9.17) is 0 Å². The Hall–Kier alpha value is -1.69. The summed E-state index contributed by atoms with van der Waals surface area (Å²) in [6.45, 7) is 0. The maximum absolute atomic E-state index is 11.4. The van der Waals surface area contributed by atoms with E-state index in [9.17, 15) is 14.9 Å². The van der Waals surface area contributed by atoms with Gasteiger partial charge in [-0.3, -0.25) is 14.9 Å². The van der Waals surface area contributed by atoms with Crippen LogP contribution in [0.15, 0.2) is 23.2 Å². The van der Waals surface area contributed by atoms with Gasteiger partial charge in [-0.25, -0.2) is 4.99 Å². The van der Waals surface area contributed by atoms with Gasteiger partial charge in [0.2, 0.25) is 0 Å². The quantitative estimate of drug-likeness (QED) is 0.530. The van der Waals surface area contributed by atoms with Crippen molar-refractivity contribution in [1.29, 1.82) is 0 Å². The second-order valence-electron chi connectivity index (χ2n) is 2.88. The molecule has 0 N–H and O–H groups in total. The Kier molecular flexibility index (Phi) is 2.28. The maximum Gasteiger partial charge on any atom is 0.284 e. The molecule has 1 aromatic rings. The zero-order valence-electron chi connectivity index (χ0n) is 7.76. The lowest BCUT2D eigenvalue weighted by Crippen LogP contribution is -2.25. The minimum atomic E-state index is -0.497. The molecule has 0 saturated heterocycles. The number of rotatable bonds is 2. The van der Waals surface area contributed by atoms with E-state index in [1.807, 2.05) is 0 Å². The zero-order valence-corrected chi connectivity index (χ0v) is 8.58. The summed E-state index contributed by atoms with van der Waals surface area (Å²) in [5.74, 6) is -0.396. The molecule has 1 aliphatic rings. The van der Waals surface area contributed by atoms with Crippen molar-refractivity contribution >= 4 is 28.3 Å². The molecule has 0 radical (unpaired) electrons. The number of carbonyl (C=O) groups excluding carboxylic acids is 1. The Morgan fingerprint density at radius 3 is 2.80 bits per heavy atom. The Balaban J connectivity index is 2.94. The molecule has 0 spiro atoms. The summed E-state index contributed by atoms with van der Waals surface area (Å²) in [6.07, 6.45) is 1.70. The predicted molar refractivity (Wildman–Crippen MR) is 55.8 cm³/mol. The summed E-state index contributed by atoms with van der Waals surface area (Å²) in [7, 11) is 0. The summed E-state index contributed by atoms with van der Waals surface area (Å²) in [5, 5.41) is 11.5. The normalized spacial score (nSPS) is 13.7. The smallest absolute Gasteiger partial charge is 0.266 e. The van der Waals surface area contributed by atoms with E-state index in [1.54, 1.807) is 12.3 Å². The van der Waals surface area contributed by atoms with Crippen LogP contribution in [0.5, 0.6) is 0 Å². The lowest BCUT2D eigenvalue weighted by molar-refractivity contribution is -0.386. The molecule has 6 heteroatoms. The average molecular weight is 222 g/mol. The number of hydrogen-bond acceptors (Lipinski definition) is 4. The van der Waals surface area contributed by atoms with Crippen LogP contribution < -0.4 is 10.6 Å². The van der Waals surface area contributed by atoms with Gasteiger partial charge in [0.05, 0.1) is 20.4 Å². The summed E-state index contributed by atoms with van der Waals surface area (Å²) in [6, 6.07) is 4.50. The van der Waals surface area contributed by atoms with Gasteiger partial charge in [-0.2, -0.15) is 0 Å². The highest BCUT2D eigenvalue weighted by molar-refractivity contribution is 8.08. The number of fused-ring (bicyclic) bond motifs is 1. The molecule has 1 heterocycles. The van der Waals surface area contributed by atoms with Crippen LogP contribution in [-0.2, 0) is 4.79 Å². The van der Waals surface area contributed by atoms with Gasteiger partial charge in [0.25, 0.3) is 11.6 Å². The van der Waals surface area contributed by atoms with Crippen molar-refractivity contribution in [1.82, 2.24) is 0 Å². The van der Waals surface area contributed by atoms with E-state index >= 15 is 0 Å². The molecule has 0 bridgehead atoms. The second kappa shape index (κ2) is 3.47. The van der Waals surface area contributed by atoms with Gasteiger partial charge in [-0.1, -0.05) is 6.07 Å². The van der Waals surface area contributed by atoms with Gasteiger partial charge in [0, 0.05) is 6.07 Å². The van der Waals surface area contributed by atoms with Crippen LogP contribution in [0, 0.1) is 10.1 Å². The number of nitro benzene ring substituents is 1. The third-order valence-electron chi connectivity index (χ3n) is 2.06. The lowest BCUT2D eigenvalue weighted by atomic mass is 10.2. The molecule has 5 nitrogen and oxygen atoms in total. The van der Waals surface area contributed by atoms with Crippen molar-refractivity contribution < 1.29 is 9.72 Å². The topological polar surface area (TPSA) is 72.6 Å². The van der Waals surface area contributed by atoms with E-state index in [2.05, 4.69) is 4.99 Å². The van der Waals surface area contributed by atoms with Gasteiger partial charge in [-0.05, 0) is 12.3 Å². The average Bonchev–Trinajstić information content (AvgIpc) is 2.52. The Morgan fingerprint density at radius 2 is 2.20 bits per heavy atom. The Morgan fingerprint density at radius 1 is 1.47 bits per heavy atom. The van der Waals surface area contributed by atoms with Gasteiger partial charge in [-0.15, -0.1) is 11.8 Å². The van der Waals surface area contributed by atoms with Crippen LogP contribution in [-0.4, -0.2) is 17.1 Å². The van der Waals surface area contributed by atoms with Crippen LogP contribution in [0.1, 0.15) is 0 Å².